The van der Waals surface area contributed by atoms with Gasteiger partial charge >= 0.3 is 5.97 Å². The molecule has 1 aliphatic rings. The van der Waals surface area contributed by atoms with Gasteiger partial charge in [0.05, 0.1) is 12.0 Å². The zero-order valence-electron chi connectivity index (χ0n) is 12.2. The van der Waals surface area contributed by atoms with Crippen LogP contribution >= 0.6 is 0 Å². The second-order valence-electron chi connectivity index (χ2n) is 5.92. The van der Waals surface area contributed by atoms with Crippen LogP contribution in [-0.2, 0) is 19.7 Å². The van der Waals surface area contributed by atoms with Gasteiger partial charge in [-0.3, -0.25) is 9.59 Å². The SMILES string of the molecule is CC(C)(C(=O)O)c1ccc(NC(=O)C2(N)CCOC2)cc1. The van der Waals surface area contributed by atoms with Crippen molar-refractivity contribution < 1.29 is 19.4 Å². The molecule has 4 N–H and O–H groups in total. The Hall–Kier alpha value is -1.92. The molecule has 1 amide bonds. The van der Waals surface area contributed by atoms with Gasteiger partial charge in [0, 0.05) is 12.3 Å². The van der Waals surface area contributed by atoms with E-state index in [-0.39, 0.29) is 12.5 Å². The van der Waals surface area contributed by atoms with Gasteiger partial charge in [-0.1, -0.05) is 12.1 Å². The van der Waals surface area contributed by atoms with E-state index in [1.165, 1.54) is 0 Å². The predicted molar refractivity (Wildman–Crippen MR) is 78.1 cm³/mol. The second kappa shape index (κ2) is 5.46. The van der Waals surface area contributed by atoms with Gasteiger partial charge in [0.2, 0.25) is 5.91 Å². The Kier molecular flexibility index (Phi) is 4.02. The summed E-state index contributed by atoms with van der Waals surface area (Å²) in [5.74, 6) is -1.19. The largest absolute Gasteiger partial charge is 0.481 e. The highest BCUT2D eigenvalue weighted by molar-refractivity contribution is 5.98. The molecule has 1 unspecified atom stereocenters. The number of hydrogen-bond donors (Lipinski definition) is 3. The van der Waals surface area contributed by atoms with Crippen LogP contribution in [-0.4, -0.2) is 35.7 Å². The molecule has 6 heteroatoms. The number of carboxylic acid groups (broad SMARTS) is 1. The number of nitrogens with one attached hydrogen (secondary N) is 1. The van der Waals surface area contributed by atoms with E-state index < -0.39 is 16.9 Å². The number of rotatable bonds is 4. The van der Waals surface area contributed by atoms with Crippen molar-refractivity contribution in [2.45, 2.75) is 31.2 Å². The molecule has 6 nitrogen and oxygen atoms in total. The maximum Gasteiger partial charge on any atom is 0.313 e. The molecule has 0 aromatic heterocycles. The molecule has 1 aliphatic heterocycles. The number of carbonyl (C=O) groups excluding carboxylic acids is 1. The van der Waals surface area contributed by atoms with E-state index in [0.29, 0.717) is 24.3 Å². The smallest absolute Gasteiger partial charge is 0.313 e. The zero-order chi connectivity index (χ0) is 15.7. The molecule has 0 saturated carbocycles. The van der Waals surface area contributed by atoms with Crippen molar-refractivity contribution in [2.24, 2.45) is 5.73 Å². The first-order chi connectivity index (χ1) is 9.75. The molecule has 0 spiro atoms. The molecular formula is C15H20N2O4. The minimum Gasteiger partial charge on any atom is -0.481 e. The Morgan fingerprint density at radius 1 is 1.33 bits per heavy atom. The summed E-state index contributed by atoms with van der Waals surface area (Å²) >= 11 is 0. The third-order valence-corrected chi connectivity index (χ3v) is 3.90. The van der Waals surface area contributed by atoms with Gasteiger partial charge in [-0.05, 0) is 38.0 Å². The molecule has 1 aromatic carbocycles. The van der Waals surface area contributed by atoms with Crippen LogP contribution < -0.4 is 11.1 Å². The van der Waals surface area contributed by atoms with Crippen molar-refractivity contribution in [1.29, 1.82) is 0 Å². The molecule has 1 fully saturated rings. The first-order valence-electron chi connectivity index (χ1n) is 6.78. The van der Waals surface area contributed by atoms with Gasteiger partial charge in [0.1, 0.15) is 5.54 Å². The van der Waals surface area contributed by atoms with Crippen LogP contribution in [0.5, 0.6) is 0 Å². The fourth-order valence-corrected chi connectivity index (χ4v) is 2.11. The first-order valence-corrected chi connectivity index (χ1v) is 6.78. The molecule has 1 atom stereocenters. The van der Waals surface area contributed by atoms with E-state index >= 15 is 0 Å². The number of carbonyl (C=O) groups is 2. The van der Waals surface area contributed by atoms with Crippen LogP contribution in [0.1, 0.15) is 25.8 Å². The molecule has 2 rings (SSSR count). The molecule has 1 aromatic rings. The second-order valence-corrected chi connectivity index (χ2v) is 5.92. The van der Waals surface area contributed by atoms with Crippen molar-refractivity contribution in [1.82, 2.24) is 0 Å². The van der Waals surface area contributed by atoms with Crippen LogP contribution in [0, 0.1) is 0 Å². The summed E-state index contributed by atoms with van der Waals surface area (Å²) in [5, 5.41) is 11.9. The first kappa shape index (κ1) is 15.5. The summed E-state index contributed by atoms with van der Waals surface area (Å²) in [4.78, 5) is 23.3. The van der Waals surface area contributed by atoms with E-state index in [9.17, 15) is 14.7 Å². The van der Waals surface area contributed by atoms with Crippen molar-refractivity contribution in [3.63, 3.8) is 0 Å². The fourth-order valence-electron chi connectivity index (χ4n) is 2.11. The minimum atomic E-state index is -0.987. The highest BCUT2D eigenvalue weighted by Gasteiger charge is 2.38. The van der Waals surface area contributed by atoms with Gasteiger partial charge in [-0.15, -0.1) is 0 Å². The minimum absolute atomic E-state index is 0.211. The van der Waals surface area contributed by atoms with Crippen LogP contribution in [0.25, 0.3) is 0 Å². The Morgan fingerprint density at radius 2 is 1.95 bits per heavy atom. The van der Waals surface area contributed by atoms with E-state index in [4.69, 9.17) is 10.5 Å². The summed E-state index contributed by atoms with van der Waals surface area (Å²) in [7, 11) is 0. The maximum atomic E-state index is 12.1. The van der Waals surface area contributed by atoms with Crippen molar-refractivity contribution in [3.8, 4) is 0 Å². The topological polar surface area (TPSA) is 102 Å². The third-order valence-electron chi connectivity index (χ3n) is 3.90. The highest BCUT2D eigenvalue weighted by atomic mass is 16.5. The number of carboxylic acids is 1. The number of aliphatic carboxylic acids is 1. The number of amides is 1. The van der Waals surface area contributed by atoms with Gasteiger partial charge < -0.3 is 20.9 Å². The van der Waals surface area contributed by atoms with Crippen LogP contribution in [0.3, 0.4) is 0 Å². The quantitative estimate of drug-likeness (QED) is 0.771. The molecule has 0 aliphatic carbocycles. The van der Waals surface area contributed by atoms with E-state index in [1.807, 2.05) is 0 Å². The van der Waals surface area contributed by atoms with Crippen LogP contribution in [0.15, 0.2) is 24.3 Å². The van der Waals surface area contributed by atoms with E-state index in [2.05, 4.69) is 5.32 Å². The van der Waals surface area contributed by atoms with Crippen molar-refractivity contribution in [2.75, 3.05) is 18.5 Å². The number of nitrogens with two attached hydrogens (primary N) is 1. The van der Waals surface area contributed by atoms with Gasteiger partial charge in [-0.25, -0.2) is 0 Å². The van der Waals surface area contributed by atoms with Gasteiger partial charge in [-0.2, -0.15) is 0 Å². The molecule has 21 heavy (non-hydrogen) atoms. The Bertz CT molecular complexity index is 545. The zero-order valence-corrected chi connectivity index (χ0v) is 12.2. The summed E-state index contributed by atoms with van der Waals surface area (Å²) in [5.41, 5.74) is 5.26. The molecule has 0 radical (unpaired) electrons. The molecular weight excluding hydrogens is 272 g/mol. The summed E-state index contributed by atoms with van der Waals surface area (Å²) in [6.07, 6.45) is 0.489. The standard InChI is InChI=1S/C15H20N2O4/c1-14(2,13(19)20)10-3-5-11(6-4-10)17-12(18)15(16)7-8-21-9-15/h3-6H,7-9,16H2,1-2H3,(H,17,18)(H,19,20). The molecule has 0 bridgehead atoms. The number of hydrogen-bond acceptors (Lipinski definition) is 4. The maximum absolute atomic E-state index is 12.1. The van der Waals surface area contributed by atoms with Crippen molar-refractivity contribution in [3.05, 3.63) is 29.8 Å². The lowest BCUT2D eigenvalue weighted by Gasteiger charge is -2.22. The van der Waals surface area contributed by atoms with Gasteiger partial charge in [0.15, 0.2) is 0 Å². The summed E-state index contributed by atoms with van der Waals surface area (Å²) < 4.78 is 5.16. The third kappa shape index (κ3) is 3.06. The molecule has 1 saturated heterocycles. The van der Waals surface area contributed by atoms with E-state index in [0.717, 1.165) is 0 Å². The Balaban J connectivity index is 2.10. The lowest BCUT2D eigenvalue weighted by atomic mass is 9.85. The Labute approximate surface area is 123 Å². The summed E-state index contributed by atoms with van der Waals surface area (Å²) in [6, 6.07) is 6.74. The average molecular weight is 292 g/mol. The normalized spacial score (nSPS) is 22.0. The lowest BCUT2D eigenvalue weighted by molar-refractivity contribution is -0.142. The van der Waals surface area contributed by atoms with Crippen LogP contribution in [0.2, 0.25) is 0 Å². The number of benzene rings is 1. The van der Waals surface area contributed by atoms with Crippen molar-refractivity contribution >= 4 is 17.6 Å². The Morgan fingerprint density at radius 3 is 2.43 bits per heavy atom. The van der Waals surface area contributed by atoms with Gasteiger partial charge in [0.25, 0.3) is 0 Å². The average Bonchev–Trinajstić information content (AvgIpc) is 2.87. The highest BCUT2D eigenvalue weighted by Crippen LogP contribution is 2.25. The summed E-state index contributed by atoms with van der Waals surface area (Å²) in [6.45, 7) is 3.96. The predicted octanol–water partition coefficient (Wildman–Crippen LogP) is 1.11. The molecule has 114 valence electrons. The fraction of sp³-hybridized carbons (Fsp3) is 0.467. The van der Waals surface area contributed by atoms with Crippen LogP contribution in [0.4, 0.5) is 5.69 Å². The van der Waals surface area contributed by atoms with E-state index in [1.54, 1.807) is 38.1 Å². The number of anilines is 1. The monoisotopic (exact) mass is 292 g/mol. The lowest BCUT2D eigenvalue weighted by Crippen LogP contribution is -2.51. The number of ether oxygens (including phenoxy) is 1. The molecule has 1 heterocycles.